The molecule has 3 aromatic rings. The van der Waals surface area contributed by atoms with E-state index in [0.29, 0.717) is 25.1 Å². The van der Waals surface area contributed by atoms with Crippen LogP contribution in [0.1, 0.15) is 19.8 Å². The second-order valence-corrected chi connectivity index (χ2v) is 16.5. The van der Waals surface area contributed by atoms with Gasteiger partial charge in [-0.2, -0.15) is 0 Å². The highest BCUT2D eigenvalue weighted by atomic mass is 28.3. The maximum atomic E-state index is 10.8. The number of fused-ring (bicyclic) bond motifs is 1. The zero-order valence-electron chi connectivity index (χ0n) is 21.4. The molecule has 1 fully saturated rings. The highest BCUT2D eigenvalue weighted by Crippen LogP contribution is 2.27. The highest BCUT2D eigenvalue weighted by Gasteiger charge is 2.24. The normalized spacial score (nSPS) is 17.7. The van der Waals surface area contributed by atoms with Gasteiger partial charge < -0.3 is 24.3 Å². The van der Waals surface area contributed by atoms with Crippen molar-refractivity contribution in [2.24, 2.45) is 5.92 Å². The molecule has 1 unspecified atom stereocenters. The van der Waals surface area contributed by atoms with E-state index in [1.165, 1.54) is 0 Å². The lowest BCUT2D eigenvalue weighted by atomic mass is 10.1. The molecule has 1 saturated heterocycles. The van der Waals surface area contributed by atoms with E-state index in [4.69, 9.17) is 14.7 Å². The maximum Gasteiger partial charge on any atom is 0.160 e. The topological polar surface area (TPSA) is 85.2 Å². The van der Waals surface area contributed by atoms with Gasteiger partial charge in [0.2, 0.25) is 0 Å². The lowest BCUT2D eigenvalue weighted by molar-refractivity contribution is -0.108. The number of aromatic nitrogens is 4. The summed E-state index contributed by atoms with van der Waals surface area (Å²) in [6.07, 6.45) is 8.31. The Morgan fingerprint density at radius 2 is 2.14 bits per heavy atom. The Morgan fingerprint density at radius 3 is 2.94 bits per heavy atom. The van der Waals surface area contributed by atoms with Gasteiger partial charge in [-0.1, -0.05) is 26.6 Å². The molecule has 1 aliphatic rings. The molecule has 2 atom stereocenters. The number of aldehydes is 1. The molecular weight excluding hydrogens is 456 g/mol. The minimum Gasteiger partial charge on any atom is -0.365 e. The van der Waals surface area contributed by atoms with Crippen molar-refractivity contribution in [2.45, 2.75) is 58.2 Å². The number of rotatable bonds is 12. The van der Waals surface area contributed by atoms with Gasteiger partial charge in [-0.05, 0) is 36.6 Å². The summed E-state index contributed by atoms with van der Waals surface area (Å²) in [6, 6.07) is 7.44. The van der Waals surface area contributed by atoms with Crippen molar-refractivity contribution in [3.8, 4) is 11.3 Å². The summed E-state index contributed by atoms with van der Waals surface area (Å²) >= 11 is 0. The Hall–Kier alpha value is -2.62. The average molecular weight is 495 g/mol. The van der Waals surface area contributed by atoms with Crippen LogP contribution in [-0.2, 0) is 16.3 Å². The summed E-state index contributed by atoms with van der Waals surface area (Å²) in [5, 5.41) is 3.63. The summed E-state index contributed by atoms with van der Waals surface area (Å²) in [5.41, 5.74) is 3.44. The van der Waals surface area contributed by atoms with Gasteiger partial charge >= 0.3 is 0 Å². The molecule has 4 heterocycles. The first-order valence-electron chi connectivity index (χ1n) is 12.6. The summed E-state index contributed by atoms with van der Waals surface area (Å²) in [7, 11) is -1.10. The number of carbonyl (C=O) groups excluding carboxylic acids is 1. The molecule has 0 radical (unpaired) electrons. The van der Waals surface area contributed by atoms with Crippen LogP contribution in [-0.4, -0.2) is 71.1 Å². The van der Waals surface area contributed by atoms with Crippen molar-refractivity contribution in [2.75, 3.05) is 31.6 Å². The van der Waals surface area contributed by atoms with Gasteiger partial charge in [0.05, 0.1) is 11.9 Å². The summed E-state index contributed by atoms with van der Waals surface area (Å²) in [6.45, 7) is 13.4. The minimum atomic E-state index is -1.10. The van der Waals surface area contributed by atoms with Gasteiger partial charge in [-0.3, -0.25) is 0 Å². The van der Waals surface area contributed by atoms with Crippen LogP contribution in [0.5, 0.6) is 0 Å². The lowest BCUT2D eigenvalue weighted by Gasteiger charge is -2.20. The highest BCUT2D eigenvalue weighted by molar-refractivity contribution is 6.76. The van der Waals surface area contributed by atoms with Gasteiger partial charge in [0.25, 0.3) is 0 Å². The third-order valence-corrected chi connectivity index (χ3v) is 8.16. The van der Waals surface area contributed by atoms with Crippen LogP contribution < -0.4 is 5.32 Å². The number of anilines is 1. The fourth-order valence-corrected chi connectivity index (χ4v) is 5.21. The van der Waals surface area contributed by atoms with Gasteiger partial charge in [0.1, 0.15) is 24.4 Å². The van der Waals surface area contributed by atoms with Crippen LogP contribution in [0.3, 0.4) is 0 Å². The van der Waals surface area contributed by atoms with Crippen LogP contribution in [0.25, 0.3) is 22.4 Å². The third-order valence-electron chi connectivity index (χ3n) is 6.46. The third kappa shape index (κ3) is 6.96. The molecule has 0 aliphatic carbocycles. The maximum absolute atomic E-state index is 10.8. The van der Waals surface area contributed by atoms with Crippen LogP contribution >= 0.6 is 0 Å². The fourth-order valence-electron chi connectivity index (χ4n) is 4.45. The van der Waals surface area contributed by atoms with E-state index in [1.54, 1.807) is 0 Å². The number of ether oxygens (including phenoxy) is 1. The fraction of sp³-hybridized carbons (Fsp3) is 0.538. The Bertz CT molecular complexity index is 1130. The second kappa shape index (κ2) is 11.4. The Kier molecular flexibility index (Phi) is 8.30. The Balaban J connectivity index is 1.42. The first kappa shape index (κ1) is 25.5. The smallest absolute Gasteiger partial charge is 0.160 e. The molecular formula is C26H38N6O2Si. The number of hydrogen-bond acceptors (Lipinski definition) is 7. The largest absolute Gasteiger partial charge is 0.365 e. The molecule has 0 spiro atoms. The van der Waals surface area contributed by atoms with Gasteiger partial charge in [0, 0.05) is 64.7 Å². The summed E-state index contributed by atoms with van der Waals surface area (Å²) in [5.74, 6) is 1.22. The van der Waals surface area contributed by atoms with Crippen molar-refractivity contribution in [1.29, 1.82) is 0 Å². The molecule has 8 nitrogen and oxygen atoms in total. The second-order valence-electron chi connectivity index (χ2n) is 10.9. The molecule has 0 saturated carbocycles. The zero-order chi connectivity index (χ0) is 24.8. The van der Waals surface area contributed by atoms with Crippen LogP contribution in [0, 0.1) is 5.92 Å². The SMILES string of the molecule is CC(CC=O)CN1CC[C@@H](Nc2ncccc2-c2cnc3c(ccn3COCC[Si](C)(C)C)n2)C1. The van der Waals surface area contributed by atoms with Gasteiger partial charge in [0.15, 0.2) is 5.65 Å². The monoisotopic (exact) mass is 494 g/mol. The van der Waals surface area contributed by atoms with Gasteiger partial charge in [-0.15, -0.1) is 0 Å². The van der Waals surface area contributed by atoms with E-state index in [2.05, 4.69) is 41.8 Å². The van der Waals surface area contributed by atoms with Crippen LogP contribution in [0.4, 0.5) is 5.82 Å². The Labute approximate surface area is 209 Å². The lowest BCUT2D eigenvalue weighted by Crippen LogP contribution is -2.30. The average Bonchev–Trinajstić information content (AvgIpc) is 3.43. The van der Waals surface area contributed by atoms with Crippen molar-refractivity contribution in [3.05, 3.63) is 36.8 Å². The number of hydrogen-bond donors (Lipinski definition) is 1. The molecule has 9 heteroatoms. The summed E-state index contributed by atoms with van der Waals surface area (Å²) < 4.78 is 7.92. The zero-order valence-corrected chi connectivity index (χ0v) is 22.4. The quantitative estimate of drug-likeness (QED) is 0.225. The molecule has 3 aromatic heterocycles. The molecule has 0 amide bonds. The van der Waals surface area contributed by atoms with E-state index in [-0.39, 0.29) is 0 Å². The van der Waals surface area contributed by atoms with Crippen molar-refractivity contribution < 1.29 is 9.53 Å². The molecule has 188 valence electrons. The minimum absolute atomic E-state index is 0.318. The molecule has 35 heavy (non-hydrogen) atoms. The van der Waals surface area contributed by atoms with E-state index < -0.39 is 8.07 Å². The predicted octanol–water partition coefficient (Wildman–Crippen LogP) is 4.52. The number of pyridine rings is 1. The number of likely N-dealkylation sites (tertiary alicyclic amines) is 1. The molecule has 1 N–H and O–H groups in total. The van der Waals surface area contributed by atoms with E-state index in [1.807, 2.05) is 41.4 Å². The number of carbonyl (C=O) groups is 1. The van der Waals surface area contributed by atoms with Crippen LogP contribution in [0.2, 0.25) is 25.7 Å². The number of nitrogens with one attached hydrogen (secondary N) is 1. The van der Waals surface area contributed by atoms with E-state index in [9.17, 15) is 4.79 Å². The van der Waals surface area contributed by atoms with Crippen LogP contribution in [0.15, 0.2) is 36.8 Å². The van der Waals surface area contributed by atoms with Crippen molar-refractivity contribution >= 4 is 31.3 Å². The first-order valence-corrected chi connectivity index (χ1v) is 16.3. The van der Waals surface area contributed by atoms with Gasteiger partial charge in [-0.25, -0.2) is 15.0 Å². The first-order chi connectivity index (χ1) is 16.8. The molecule has 4 rings (SSSR count). The Morgan fingerprint density at radius 1 is 1.29 bits per heavy atom. The predicted molar refractivity (Wildman–Crippen MR) is 143 cm³/mol. The molecule has 1 aliphatic heterocycles. The van der Waals surface area contributed by atoms with Crippen molar-refractivity contribution in [1.82, 2.24) is 24.4 Å². The standard InChI is InChI=1S/C26H38N6O2Si/c1-20(9-13-33)17-31-11-7-21(18-31)29-25-22(6-5-10-27-25)24-16-28-26-23(30-24)8-12-32(26)19-34-14-15-35(2,3)4/h5-6,8,10,12-13,16,20-21H,7,9,11,14-15,17-19H2,1-4H3,(H,27,29)/t20?,21-/m1/s1. The van der Waals surface area contributed by atoms with Crippen molar-refractivity contribution in [3.63, 3.8) is 0 Å². The number of nitrogens with zero attached hydrogens (tertiary/aromatic N) is 5. The molecule has 0 bridgehead atoms. The van der Waals surface area contributed by atoms with E-state index in [0.717, 1.165) is 73.2 Å². The molecule has 0 aromatic carbocycles. The summed E-state index contributed by atoms with van der Waals surface area (Å²) in [4.78, 5) is 27.4. The van der Waals surface area contributed by atoms with E-state index >= 15 is 0 Å².